The molecule has 2 heteroatoms. The fraction of sp³-hybridized carbons (Fsp3) is 1.00. The zero-order chi connectivity index (χ0) is 14.2. The lowest BCUT2D eigenvalue weighted by Gasteiger charge is -2.32. The van der Waals surface area contributed by atoms with E-state index in [0.717, 1.165) is 19.1 Å². The van der Waals surface area contributed by atoms with Gasteiger partial charge in [0.15, 0.2) is 0 Å². The van der Waals surface area contributed by atoms with Crippen LogP contribution in [0.15, 0.2) is 0 Å². The molecule has 0 aliphatic heterocycles. The summed E-state index contributed by atoms with van der Waals surface area (Å²) in [4.78, 5) is 0. The van der Waals surface area contributed by atoms with E-state index < -0.39 is 0 Å². The molecule has 0 aromatic heterocycles. The number of rotatable bonds is 9. The molecule has 0 aromatic rings. The largest absolute Gasteiger partial charge is 0.384 e. The Morgan fingerprint density at radius 1 is 0.833 bits per heavy atom. The molecule has 18 heavy (non-hydrogen) atoms. The molecule has 0 aromatic carbocycles. The van der Waals surface area contributed by atoms with Crippen molar-refractivity contribution in [3.05, 3.63) is 0 Å². The molecule has 2 atom stereocenters. The Bertz CT molecular complexity index is 194. The first-order chi connectivity index (χ1) is 8.30. The van der Waals surface area contributed by atoms with Gasteiger partial charge in [0, 0.05) is 27.4 Å². The Labute approximate surface area is 114 Å². The lowest BCUT2D eigenvalue weighted by molar-refractivity contribution is 0.0437. The Morgan fingerprint density at radius 3 is 1.72 bits per heavy atom. The predicted octanol–water partition coefficient (Wildman–Crippen LogP) is 4.38. The molecule has 2 unspecified atom stereocenters. The van der Waals surface area contributed by atoms with Crippen molar-refractivity contribution >= 4 is 0 Å². The first-order valence-electron chi connectivity index (χ1n) is 7.28. The van der Waals surface area contributed by atoms with Crippen LogP contribution in [0.2, 0.25) is 0 Å². The van der Waals surface area contributed by atoms with E-state index in [0.29, 0.717) is 17.3 Å². The second-order valence-electron chi connectivity index (χ2n) is 7.17. The normalized spacial score (nSPS) is 16.0. The first-order valence-corrected chi connectivity index (χ1v) is 7.28. The molecule has 0 amide bonds. The topological polar surface area (TPSA) is 18.5 Å². The monoisotopic (exact) mass is 258 g/mol. The summed E-state index contributed by atoms with van der Waals surface area (Å²) in [6.45, 7) is 13.2. The maximum Gasteiger partial charge on any atom is 0.0494 e. The SMILES string of the molecule is COCC(CCC(C)C)C(COC)CC(C)(C)C. The molecule has 2 nitrogen and oxygen atoms in total. The number of hydrogen-bond acceptors (Lipinski definition) is 2. The van der Waals surface area contributed by atoms with E-state index >= 15 is 0 Å². The summed E-state index contributed by atoms with van der Waals surface area (Å²) in [6.07, 6.45) is 3.72. The van der Waals surface area contributed by atoms with Crippen LogP contribution < -0.4 is 0 Å². The molecule has 0 N–H and O–H groups in total. The standard InChI is InChI=1S/C16H34O2/c1-13(2)8-9-14(11-17-6)15(12-18-7)10-16(3,4)5/h13-15H,8-12H2,1-7H3. The summed E-state index contributed by atoms with van der Waals surface area (Å²) in [5.74, 6) is 1.99. The van der Waals surface area contributed by atoms with Gasteiger partial charge in [0.1, 0.15) is 0 Å². The van der Waals surface area contributed by atoms with Crippen molar-refractivity contribution in [2.75, 3.05) is 27.4 Å². The molecular weight excluding hydrogens is 224 g/mol. The van der Waals surface area contributed by atoms with Gasteiger partial charge in [-0.15, -0.1) is 0 Å². The average molecular weight is 258 g/mol. The van der Waals surface area contributed by atoms with E-state index in [9.17, 15) is 0 Å². The van der Waals surface area contributed by atoms with Gasteiger partial charge < -0.3 is 9.47 Å². The van der Waals surface area contributed by atoms with Gasteiger partial charge in [-0.1, -0.05) is 41.0 Å². The van der Waals surface area contributed by atoms with Crippen LogP contribution in [0.1, 0.15) is 53.9 Å². The molecule has 0 bridgehead atoms. The summed E-state index contributed by atoms with van der Waals surface area (Å²) < 4.78 is 10.9. The molecule has 0 rings (SSSR count). The quantitative estimate of drug-likeness (QED) is 0.611. The zero-order valence-corrected chi connectivity index (χ0v) is 13.6. The molecule has 0 spiro atoms. The maximum atomic E-state index is 5.43. The Hall–Kier alpha value is -0.0800. The van der Waals surface area contributed by atoms with Crippen LogP contribution >= 0.6 is 0 Å². The number of hydrogen-bond donors (Lipinski definition) is 0. The van der Waals surface area contributed by atoms with Gasteiger partial charge in [0.2, 0.25) is 0 Å². The Morgan fingerprint density at radius 2 is 1.33 bits per heavy atom. The fourth-order valence-electron chi connectivity index (χ4n) is 2.58. The van der Waals surface area contributed by atoms with Crippen LogP contribution in [0, 0.1) is 23.2 Å². The average Bonchev–Trinajstić information content (AvgIpc) is 2.21. The van der Waals surface area contributed by atoms with Crippen molar-refractivity contribution in [3.63, 3.8) is 0 Å². The smallest absolute Gasteiger partial charge is 0.0494 e. The van der Waals surface area contributed by atoms with E-state index in [1.165, 1.54) is 19.3 Å². The highest BCUT2D eigenvalue weighted by atomic mass is 16.5. The second-order valence-corrected chi connectivity index (χ2v) is 7.17. The fourth-order valence-corrected chi connectivity index (χ4v) is 2.58. The van der Waals surface area contributed by atoms with Gasteiger partial charge in [0.25, 0.3) is 0 Å². The highest BCUT2D eigenvalue weighted by molar-refractivity contribution is 4.76. The van der Waals surface area contributed by atoms with Crippen molar-refractivity contribution in [3.8, 4) is 0 Å². The van der Waals surface area contributed by atoms with Gasteiger partial charge >= 0.3 is 0 Å². The molecule has 0 saturated carbocycles. The van der Waals surface area contributed by atoms with Crippen molar-refractivity contribution in [2.45, 2.75) is 53.9 Å². The van der Waals surface area contributed by atoms with E-state index in [1.807, 2.05) is 14.2 Å². The van der Waals surface area contributed by atoms with Crippen LogP contribution in [-0.2, 0) is 9.47 Å². The third-order valence-electron chi connectivity index (χ3n) is 3.42. The summed E-state index contributed by atoms with van der Waals surface area (Å²) in [7, 11) is 3.62. The summed E-state index contributed by atoms with van der Waals surface area (Å²) in [5.41, 5.74) is 0.354. The minimum absolute atomic E-state index is 0.354. The third kappa shape index (κ3) is 8.93. The van der Waals surface area contributed by atoms with Gasteiger partial charge in [0.05, 0.1) is 0 Å². The van der Waals surface area contributed by atoms with E-state index in [4.69, 9.17) is 9.47 Å². The van der Waals surface area contributed by atoms with Crippen LogP contribution in [-0.4, -0.2) is 27.4 Å². The molecule has 0 aliphatic rings. The van der Waals surface area contributed by atoms with Gasteiger partial charge in [-0.3, -0.25) is 0 Å². The second kappa shape index (κ2) is 8.92. The highest BCUT2D eigenvalue weighted by Crippen LogP contribution is 2.32. The molecule has 0 fully saturated rings. The number of methoxy groups -OCH3 is 2. The van der Waals surface area contributed by atoms with Crippen molar-refractivity contribution < 1.29 is 9.47 Å². The molecule has 0 radical (unpaired) electrons. The van der Waals surface area contributed by atoms with Crippen LogP contribution in [0.4, 0.5) is 0 Å². The van der Waals surface area contributed by atoms with E-state index in [2.05, 4.69) is 34.6 Å². The third-order valence-corrected chi connectivity index (χ3v) is 3.42. The predicted molar refractivity (Wildman–Crippen MR) is 78.9 cm³/mol. The van der Waals surface area contributed by atoms with Crippen molar-refractivity contribution in [1.29, 1.82) is 0 Å². The van der Waals surface area contributed by atoms with Gasteiger partial charge in [-0.25, -0.2) is 0 Å². The van der Waals surface area contributed by atoms with Crippen molar-refractivity contribution in [2.24, 2.45) is 23.2 Å². The molecule has 0 aliphatic carbocycles. The lowest BCUT2D eigenvalue weighted by Crippen LogP contribution is -2.28. The van der Waals surface area contributed by atoms with Gasteiger partial charge in [-0.2, -0.15) is 0 Å². The summed E-state index contributed by atoms with van der Waals surface area (Å²) in [5, 5.41) is 0. The lowest BCUT2D eigenvalue weighted by atomic mass is 9.77. The molecular formula is C16H34O2. The zero-order valence-electron chi connectivity index (χ0n) is 13.6. The minimum Gasteiger partial charge on any atom is -0.384 e. The Balaban J connectivity index is 4.53. The minimum atomic E-state index is 0.354. The molecule has 0 saturated heterocycles. The van der Waals surface area contributed by atoms with Crippen LogP contribution in [0.5, 0.6) is 0 Å². The van der Waals surface area contributed by atoms with Crippen LogP contribution in [0.3, 0.4) is 0 Å². The molecule has 0 heterocycles. The summed E-state index contributed by atoms with van der Waals surface area (Å²) >= 11 is 0. The summed E-state index contributed by atoms with van der Waals surface area (Å²) in [6, 6.07) is 0. The number of ether oxygens (including phenoxy) is 2. The van der Waals surface area contributed by atoms with Gasteiger partial charge in [-0.05, 0) is 36.0 Å². The molecule has 110 valence electrons. The first kappa shape index (κ1) is 17.9. The van der Waals surface area contributed by atoms with E-state index in [-0.39, 0.29) is 0 Å². The highest BCUT2D eigenvalue weighted by Gasteiger charge is 2.26. The maximum absolute atomic E-state index is 5.43. The van der Waals surface area contributed by atoms with E-state index in [1.54, 1.807) is 0 Å². The Kier molecular flexibility index (Phi) is 8.89. The van der Waals surface area contributed by atoms with Crippen LogP contribution in [0.25, 0.3) is 0 Å². The van der Waals surface area contributed by atoms with Crippen molar-refractivity contribution in [1.82, 2.24) is 0 Å².